The number of carbonyl (C=O) groups excluding carboxylic acids is 1. The number of methoxy groups -OCH3 is 1. The average Bonchev–Trinajstić information content (AvgIpc) is 2.66. The van der Waals surface area contributed by atoms with Gasteiger partial charge < -0.3 is 15.2 Å². The van der Waals surface area contributed by atoms with Crippen molar-refractivity contribution in [2.75, 3.05) is 19.0 Å². The number of aromatic carboxylic acids is 1. The minimum absolute atomic E-state index is 0.0628. The fraction of sp³-hybridized carbons (Fsp3) is 0.444. The monoisotopic (exact) mass is 227 g/mol. The summed E-state index contributed by atoms with van der Waals surface area (Å²) in [5.41, 5.74) is -0.0628. The van der Waals surface area contributed by atoms with Gasteiger partial charge in [0.2, 0.25) is 5.91 Å². The smallest absolute Gasteiger partial charge is 0.353 e. The zero-order chi connectivity index (χ0) is 12.0. The summed E-state index contributed by atoms with van der Waals surface area (Å²) < 4.78 is 4.80. The molecule has 7 nitrogen and oxygen atoms in total. The Labute approximate surface area is 91.8 Å². The number of carboxylic acids is 1. The van der Waals surface area contributed by atoms with E-state index in [9.17, 15) is 9.59 Å². The minimum atomic E-state index is -1.12. The summed E-state index contributed by atoms with van der Waals surface area (Å²) in [6, 6.07) is 1.26. The Kier molecular flexibility index (Phi) is 4.46. The molecule has 0 saturated heterocycles. The zero-order valence-electron chi connectivity index (χ0n) is 8.82. The SMILES string of the molecule is COCCCC(=O)Nc1cc(C(=O)O)[nH]n1. The number of amides is 1. The molecule has 1 heterocycles. The van der Waals surface area contributed by atoms with E-state index in [1.807, 2.05) is 0 Å². The third-order valence-corrected chi connectivity index (χ3v) is 1.83. The number of hydrogen-bond acceptors (Lipinski definition) is 4. The number of carbonyl (C=O) groups is 2. The van der Waals surface area contributed by atoms with E-state index >= 15 is 0 Å². The van der Waals surface area contributed by atoms with Crippen molar-refractivity contribution in [1.29, 1.82) is 0 Å². The summed E-state index contributed by atoms with van der Waals surface area (Å²) in [4.78, 5) is 21.8. The highest BCUT2D eigenvalue weighted by Gasteiger charge is 2.09. The summed E-state index contributed by atoms with van der Waals surface area (Å²) in [6.45, 7) is 0.508. The number of aromatic amines is 1. The molecule has 0 saturated carbocycles. The van der Waals surface area contributed by atoms with Crippen LogP contribution >= 0.6 is 0 Å². The molecule has 0 unspecified atom stereocenters. The number of rotatable bonds is 6. The molecular formula is C9H13N3O4. The second-order valence-corrected chi connectivity index (χ2v) is 3.12. The molecule has 0 fully saturated rings. The first kappa shape index (κ1) is 12.2. The van der Waals surface area contributed by atoms with Gasteiger partial charge in [0.1, 0.15) is 5.69 Å². The van der Waals surface area contributed by atoms with Gasteiger partial charge in [-0.2, -0.15) is 5.10 Å². The Hall–Kier alpha value is -1.89. The highest BCUT2D eigenvalue weighted by Crippen LogP contribution is 2.06. The topological polar surface area (TPSA) is 104 Å². The fourth-order valence-corrected chi connectivity index (χ4v) is 1.08. The number of hydrogen-bond donors (Lipinski definition) is 3. The molecule has 3 N–H and O–H groups in total. The van der Waals surface area contributed by atoms with Gasteiger partial charge in [-0.25, -0.2) is 4.79 Å². The number of nitrogens with zero attached hydrogens (tertiary/aromatic N) is 1. The maximum Gasteiger partial charge on any atom is 0.353 e. The predicted molar refractivity (Wildman–Crippen MR) is 55.3 cm³/mol. The van der Waals surface area contributed by atoms with Gasteiger partial charge in [-0.05, 0) is 6.42 Å². The molecule has 0 aliphatic rings. The van der Waals surface area contributed by atoms with E-state index in [0.29, 0.717) is 19.4 Å². The summed E-state index contributed by atoms with van der Waals surface area (Å²) in [5, 5.41) is 17.0. The van der Waals surface area contributed by atoms with Crippen LogP contribution in [0.3, 0.4) is 0 Å². The Morgan fingerprint density at radius 3 is 2.94 bits per heavy atom. The standard InChI is InChI=1S/C9H13N3O4/c1-16-4-2-3-8(13)10-7-5-6(9(14)15)11-12-7/h5H,2-4H2,1H3,(H,14,15)(H2,10,11,12,13). The van der Waals surface area contributed by atoms with Crippen LogP contribution in [0.1, 0.15) is 23.3 Å². The number of carboxylic acid groups (broad SMARTS) is 1. The first-order valence-electron chi connectivity index (χ1n) is 4.71. The lowest BCUT2D eigenvalue weighted by atomic mass is 10.3. The molecule has 1 amide bonds. The van der Waals surface area contributed by atoms with E-state index in [2.05, 4.69) is 15.5 Å². The van der Waals surface area contributed by atoms with E-state index < -0.39 is 5.97 Å². The van der Waals surface area contributed by atoms with Gasteiger partial charge >= 0.3 is 5.97 Å². The molecule has 1 aromatic heterocycles. The molecule has 88 valence electrons. The van der Waals surface area contributed by atoms with Gasteiger partial charge in [0.05, 0.1) is 0 Å². The minimum Gasteiger partial charge on any atom is -0.477 e. The van der Waals surface area contributed by atoms with Crippen LogP contribution in [0.25, 0.3) is 0 Å². The molecule has 7 heteroatoms. The van der Waals surface area contributed by atoms with Gasteiger partial charge in [-0.15, -0.1) is 0 Å². The first-order valence-corrected chi connectivity index (χ1v) is 4.71. The van der Waals surface area contributed by atoms with Crippen molar-refractivity contribution < 1.29 is 19.4 Å². The molecule has 0 aliphatic heterocycles. The Morgan fingerprint density at radius 1 is 1.62 bits per heavy atom. The molecular weight excluding hydrogens is 214 g/mol. The molecule has 0 aromatic carbocycles. The summed E-state index contributed by atoms with van der Waals surface area (Å²) in [7, 11) is 1.56. The number of ether oxygens (including phenoxy) is 1. The molecule has 0 atom stereocenters. The molecule has 1 rings (SSSR count). The Morgan fingerprint density at radius 2 is 2.38 bits per heavy atom. The van der Waals surface area contributed by atoms with Crippen molar-refractivity contribution >= 4 is 17.7 Å². The number of H-pyrrole nitrogens is 1. The zero-order valence-corrected chi connectivity index (χ0v) is 8.82. The normalized spacial score (nSPS) is 10.1. The average molecular weight is 227 g/mol. The van der Waals surface area contributed by atoms with Crippen molar-refractivity contribution in [2.24, 2.45) is 0 Å². The summed E-state index contributed by atoms with van der Waals surface area (Å²) in [6.07, 6.45) is 0.918. The van der Waals surface area contributed by atoms with Gasteiger partial charge in [0.25, 0.3) is 0 Å². The molecule has 0 aliphatic carbocycles. The molecule has 0 bridgehead atoms. The van der Waals surface area contributed by atoms with Crippen LogP contribution in [0.5, 0.6) is 0 Å². The lowest BCUT2D eigenvalue weighted by Gasteiger charge is -2.00. The maximum atomic E-state index is 11.3. The second kappa shape index (κ2) is 5.86. The summed E-state index contributed by atoms with van der Waals surface area (Å²) >= 11 is 0. The second-order valence-electron chi connectivity index (χ2n) is 3.12. The maximum absolute atomic E-state index is 11.3. The van der Waals surface area contributed by atoms with E-state index in [-0.39, 0.29) is 17.4 Å². The van der Waals surface area contributed by atoms with Gasteiger partial charge in [0, 0.05) is 26.2 Å². The van der Waals surface area contributed by atoms with Crippen LogP contribution in [0.2, 0.25) is 0 Å². The number of aromatic nitrogens is 2. The predicted octanol–water partition coefficient (Wildman–Crippen LogP) is 0.473. The van der Waals surface area contributed by atoms with E-state index in [1.165, 1.54) is 6.07 Å². The van der Waals surface area contributed by atoms with Gasteiger partial charge in [-0.1, -0.05) is 0 Å². The van der Waals surface area contributed by atoms with E-state index in [0.717, 1.165) is 0 Å². The van der Waals surface area contributed by atoms with Crippen molar-refractivity contribution in [3.63, 3.8) is 0 Å². The Bertz CT molecular complexity index is 375. The van der Waals surface area contributed by atoms with Crippen LogP contribution in [0.4, 0.5) is 5.82 Å². The number of nitrogens with one attached hydrogen (secondary N) is 2. The molecule has 16 heavy (non-hydrogen) atoms. The largest absolute Gasteiger partial charge is 0.477 e. The summed E-state index contributed by atoms with van der Waals surface area (Å²) in [5.74, 6) is -1.13. The van der Waals surface area contributed by atoms with Crippen LogP contribution in [0, 0.1) is 0 Å². The van der Waals surface area contributed by atoms with Crippen LogP contribution in [-0.4, -0.2) is 40.9 Å². The van der Waals surface area contributed by atoms with Crippen molar-refractivity contribution in [1.82, 2.24) is 10.2 Å². The molecule has 1 aromatic rings. The highest BCUT2D eigenvalue weighted by atomic mass is 16.5. The van der Waals surface area contributed by atoms with Crippen LogP contribution in [0.15, 0.2) is 6.07 Å². The van der Waals surface area contributed by atoms with Crippen molar-refractivity contribution in [3.05, 3.63) is 11.8 Å². The Balaban J connectivity index is 2.40. The van der Waals surface area contributed by atoms with Crippen LogP contribution in [-0.2, 0) is 9.53 Å². The van der Waals surface area contributed by atoms with Crippen LogP contribution < -0.4 is 5.32 Å². The van der Waals surface area contributed by atoms with E-state index in [4.69, 9.17) is 9.84 Å². The third kappa shape index (κ3) is 3.70. The molecule has 0 spiro atoms. The highest BCUT2D eigenvalue weighted by molar-refractivity contribution is 5.92. The third-order valence-electron chi connectivity index (χ3n) is 1.83. The molecule has 0 radical (unpaired) electrons. The lowest BCUT2D eigenvalue weighted by molar-refractivity contribution is -0.116. The first-order chi connectivity index (χ1) is 7.63. The number of anilines is 1. The van der Waals surface area contributed by atoms with Crippen molar-refractivity contribution in [2.45, 2.75) is 12.8 Å². The van der Waals surface area contributed by atoms with Gasteiger partial charge in [0.15, 0.2) is 5.82 Å². The van der Waals surface area contributed by atoms with Crippen molar-refractivity contribution in [3.8, 4) is 0 Å². The fourth-order valence-electron chi connectivity index (χ4n) is 1.08. The lowest BCUT2D eigenvalue weighted by Crippen LogP contribution is -2.12. The van der Waals surface area contributed by atoms with Gasteiger partial charge in [-0.3, -0.25) is 9.89 Å². The van der Waals surface area contributed by atoms with E-state index in [1.54, 1.807) is 7.11 Å². The quantitative estimate of drug-likeness (QED) is 0.613.